The summed E-state index contributed by atoms with van der Waals surface area (Å²) >= 11 is 6.43. The number of rotatable bonds is 3. The van der Waals surface area contributed by atoms with Crippen molar-refractivity contribution in [1.29, 1.82) is 0 Å². The number of hydrogen-bond acceptors (Lipinski definition) is 6. The third-order valence-corrected chi connectivity index (χ3v) is 4.56. The van der Waals surface area contributed by atoms with Crippen molar-refractivity contribution in [1.82, 2.24) is 19.7 Å². The van der Waals surface area contributed by atoms with Crippen molar-refractivity contribution in [3.63, 3.8) is 0 Å². The number of nitrogens with zero attached hydrogens (tertiary/aromatic N) is 4. The van der Waals surface area contributed by atoms with Crippen molar-refractivity contribution in [3.8, 4) is 0 Å². The van der Waals surface area contributed by atoms with Gasteiger partial charge in [-0.25, -0.2) is 22.8 Å². The number of halogens is 1. The molecule has 0 amide bonds. The molecule has 10 heteroatoms. The lowest BCUT2D eigenvalue weighted by Gasteiger charge is -2.03. The van der Waals surface area contributed by atoms with Gasteiger partial charge in [0.1, 0.15) is 6.33 Å². The van der Waals surface area contributed by atoms with Crippen LogP contribution in [0.2, 0.25) is 4.47 Å². The first-order chi connectivity index (χ1) is 7.49. The lowest BCUT2D eigenvalue weighted by Crippen LogP contribution is -2.15. The number of sulfonamides is 1. The Kier molecular flexibility index (Phi) is 2.82. The molecule has 0 aliphatic carbocycles. The molecule has 7 nitrogen and oxygen atoms in total. The highest BCUT2D eigenvalue weighted by Crippen LogP contribution is 2.23. The van der Waals surface area contributed by atoms with Gasteiger partial charge in [0, 0.05) is 7.05 Å². The second kappa shape index (κ2) is 4.00. The summed E-state index contributed by atoms with van der Waals surface area (Å²) in [5, 5.41) is 3.74. The van der Waals surface area contributed by atoms with Crippen molar-refractivity contribution < 1.29 is 8.42 Å². The maximum absolute atomic E-state index is 11.8. The van der Waals surface area contributed by atoms with Gasteiger partial charge < -0.3 is 0 Å². The summed E-state index contributed by atoms with van der Waals surface area (Å²) in [6, 6.07) is 0. The molecule has 0 saturated heterocycles. The monoisotopic (exact) mass is 279 g/mol. The molecule has 86 valence electrons. The van der Waals surface area contributed by atoms with E-state index in [0.717, 1.165) is 11.3 Å². The molecular formula is C6H6ClN5O2S2. The summed E-state index contributed by atoms with van der Waals surface area (Å²) < 4.78 is 27.3. The van der Waals surface area contributed by atoms with Gasteiger partial charge in [-0.2, -0.15) is 10.1 Å². The minimum Gasteiger partial charge on any atom is -0.247 e. The first-order valence-corrected chi connectivity index (χ1v) is 6.65. The number of thiazole rings is 1. The van der Waals surface area contributed by atoms with Gasteiger partial charge in [-0.05, 0) is 0 Å². The molecule has 16 heavy (non-hydrogen) atoms. The molecule has 0 spiro atoms. The van der Waals surface area contributed by atoms with Crippen LogP contribution < -0.4 is 4.72 Å². The third kappa shape index (κ3) is 2.15. The SMILES string of the molecule is Cn1ncnc1NS(=O)(=O)c1cnc(Cl)s1. The average Bonchev–Trinajstić information content (AvgIpc) is 2.77. The van der Waals surface area contributed by atoms with Crippen molar-refractivity contribution >= 4 is 38.9 Å². The van der Waals surface area contributed by atoms with Gasteiger partial charge in [-0.3, -0.25) is 0 Å². The molecule has 0 fully saturated rings. The number of aromatic nitrogens is 4. The fourth-order valence-corrected chi connectivity index (χ4v) is 3.25. The summed E-state index contributed by atoms with van der Waals surface area (Å²) in [5.74, 6) is 0.129. The van der Waals surface area contributed by atoms with Crippen LogP contribution in [0.5, 0.6) is 0 Å². The maximum Gasteiger partial charge on any atom is 0.275 e. The Balaban J connectivity index is 2.31. The maximum atomic E-state index is 11.8. The molecule has 0 aromatic carbocycles. The van der Waals surface area contributed by atoms with Crippen LogP contribution in [0.1, 0.15) is 0 Å². The van der Waals surface area contributed by atoms with Crippen LogP contribution in [0.4, 0.5) is 5.95 Å². The van der Waals surface area contributed by atoms with E-state index in [0.29, 0.717) is 0 Å². The molecule has 0 saturated carbocycles. The number of nitrogens with one attached hydrogen (secondary N) is 1. The predicted molar refractivity (Wildman–Crippen MR) is 58.9 cm³/mol. The normalized spacial score (nSPS) is 11.6. The van der Waals surface area contributed by atoms with E-state index in [2.05, 4.69) is 19.8 Å². The minimum absolute atomic E-state index is 0.0282. The van der Waals surface area contributed by atoms with E-state index in [-0.39, 0.29) is 14.6 Å². The molecule has 0 aliphatic heterocycles. The van der Waals surface area contributed by atoms with E-state index in [9.17, 15) is 8.42 Å². The molecule has 2 heterocycles. The van der Waals surface area contributed by atoms with Crippen molar-refractivity contribution in [3.05, 3.63) is 17.0 Å². The molecule has 0 unspecified atom stereocenters. The van der Waals surface area contributed by atoms with Crippen molar-refractivity contribution in [2.24, 2.45) is 7.05 Å². The van der Waals surface area contributed by atoms with Crippen molar-refractivity contribution in [2.45, 2.75) is 4.21 Å². The summed E-state index contributed by atoms with van der Waals surface area (Å²) in [4.78, 5) is 7.40. The highest BCUT2D eigenvalue weighted by molar-refractivity contribution is 7.94. The largest absolute Gasteiger partial charge is 0.275 e. The summed E-state index contributed by atoms with van der Waals surface area (Å²) in [7, 11) is -2.11. The number of hydrogen-bond donors (Lipinski definition) is 1. The van der Waals surface area contributed by atoms with E-state index < -0.39 is 10.0 Å². The third-order valence-electron chi connectivity index (χ3n) is 1.66. The molecule has 1 N–H and O–H groups in total. The number of anilines is 1. The van der Waals surface area contributed by atoms with E-state index in [1.54, 1.807) is 7.05 Å². The Morgan fingerprint density at radius 3 is 2.75 bits per heavy atom. The topological polar surface area (TPSA) is 89.8 Å². The predicted octanol–water partition coefficient (Wildman–Crippen LogP) is 0.726. The van der Waals surface area contributed by atoms with Gasteiger partial charge in [0.05, 0.1) is 6.20 Å². The van der Waals surface area contributed by atoms with Crippen molar-refractivity contribution in [2.75, 3.05) is 4.72 Å². The van der Waals surface area contributed by atoms with Gasteiger partial charge in [0.25, 0.3) is 10.0 Å². The zero-order chi connectivity index (χ0) is 11.8. The molecule has 2 aromatic heterocycles. The molecule has 0 bridgehead atoms. The van der Waals surface area contributed by atoms with E-state index in [4.69, 9.17) is 11.6 Å². The molecule has 2 aromatic rings. The standard InChI is InChI=1S/C6H6ClN5O2S2/c1-12-6(9-3-10-12)11-16(13,14)4-2-8-5(7)15-4/h2-3H,1H3,(H,9,10,11). The van der Waals surface area contributed by atoms with Crippen LogP contribution >= 0.6 is 22.9 Å². The number of aryl methyl sites for hydroxylation is 1. The Labute approximate surface area is 100 Å². The van der Waals surface area contributed by atoms with Crippen LogP contribution in [0.25, 0.3) is 0 Å². The first kappa shape index (κ1) is 11.3. The quantitative estimate of drug-likeness (QED) is 0.894. The molecular weight excluding hydrogens is 274 g/mol. The van der Waals surface area contributed by atoms with Crippen LogP contribution in [-0.2, 0) is 17.1 Å². The smallest absolute Gasteiger partial charge is 0.247 e. The summed E-state index contributed by atoms with van der Waals surface area (Å²) in [6.45, 7) is 0. The second-order valence-corrected chi connectivity index (χ2v) is 6.27. The zero-order valence-corrected chi connectivity index (χ0v) is 10.3. The van der Waals surface area contributed by atoms with Gasteiger partial charge in [-0.15, -0.1) is 0 Å². The van der Waals surface area contributed by atoms with E-state index in [1.807, 2.05) is 0 Å². The fourth-order valence-electron chi connectivity index (χ4n) is 0.922. The lowest BCUT2D eigenvalue weighted by atomic mass is 11.0. The average molecular weight is 280 g/mol. The second-order valence-electron chi connectivity index (χ2n) is 2.75. The first-order valence-electron chi connectivity index (χ1n) is 3.97. The Morgan fingerprint density at radius 1 is 1.50 bits per heavy atom. The van der Waals surface area contributed by atoms with Crippen LogP contribution in [0.3, 0.4) is 0 Å². The van der Waals surface area contributed by atoms with Gasteiger partial charge in [0.15, 0.2) is 8.68 Å². The van der Waals surface area contributed by atoms with Crippen LogP contribution in [0.15, 0.2) is 16.7 Å². The highest BCUT2D eigenvalue weighted by atomic mass is 35.5. The van der Waals surface area contributed by atoms with Gasteiger partial charge in [-0.1, -0.05) is 22.9 Å². The van der Waals surface area contributed by atoms with Crippen LogP contribution in [0, 0.1) is 0 Å². The minimum atomic E-state index is -3.69. The lowest BCUT2D eigenvalue weighted by molar-refractivity contribution is 0.601. The Bertz CT molecular complexity index is 604. The summed E-state index contributed by atoms with van der Waals surface area (Å²) in [5.41, 5.74) is 0. The molecule has 0 radical (unpaired) electrons. The molecule has 0 aliphatic rings. The van der Waals surface area contributed by atoms with E-state index in [1.165, 1.54) is 17.2 Å². The van der Waals surface area contributed by atoms with Gasteiger partial charge in [0.2, 0.25) is 5.95 Å². The summed E-state index contributed by atoms with van der Waals surface area (Å²) in [6.07, 6.45) is 2.43. The fraction of sp³-hybridized carbons (Fsp3) is 0.167. The van der Waals surface area contributed by atoms with Gasteiger partial charge >= 0.3 is 0 Å². The highest BCUT2D eigenvalue weighted by Gasteiger charge is 2.19. The van der Waals surface area contributed by atoms with Crippen LogP contribution in [-0.4, -0.2) is 28.2 Å². The Morgan fingerprint density at radius 2 is 2.25 bits per heavy atom. The molecule has 0 atom stereocenters. The Hall–Kier alpha value is -1.19. The molecule has 2 rings (SSSR count). The zero-order valence-electron chi connectivity index (χ0n) is 7.95. The van der Waals surface area contributed by atoms with E-state index >= 15 is 0 Å².